The van der Waals surface area contributed by atoms with Gasteiger partial charge in [0.05, 0.1) is 0 Å². The van der Waals surface area contributed by atoms with E-state index in [1.54, 1.807) is 5.69 Å². The number of pyridine rings is 1. The SMILES string of the molecule is CCCCCCCCCCCCCCCCCC[n+]1ccccc1CCCCCCCCCCC. The van der Waals surface area contributed by atoms with Crippen LogP contribution in [-0.4, -0.2) is 0 Å². The first kappa shape index (κ1) is 32.2. The number of rotatable bonds is 27. The van der Waals surface area contributed by atoms with E-state index in [4.69, 9.17) is 0 Å². The van der Waals surface area contributed by atoms with Crippen LogP contribution in [0.2, 0.25) is 0 Å². The van der Waals surface area contributed by atoms with Crippen molar-refractivity contribution >= 4 is 0 Å². The van der Waals surface area contributed by atoms with Gasteiger partial charge in [-0.3, -0.25) is 0 Å². The first-order valence-corrected chi connectivity index (χ1v) is 16.4. The molecule has 0 bridgehead atoms. The van der Waals surface area contributed by atoms with Gasteiger partial charge in [-0.05, 0) is 12.8 Å². The van der Waals surface area contributed by atoms with Crippen molar-refractivity contribution in [3.8, 4) is 0 Å². The minimum absolute atomic E-state index is 1.21. The topological polar surface area (TPSA) is 3.88 Å². The third-order valence-corrected chi connectivity index (χ3v) is 7.82. The molecule has 0 fully saturated rings. The van der Waals surface area contributed by atoms with Crippen LogP contribution in [0.4, 0.5) is 0 Å². The van der Waals surface area contributed by atoms with Crippen molar-refractivity contribution in [3.63, 3.8) is 0 Å². The maximum absolute atomic E-state index is 2.54. The zero-order valence-corrected chi connectivity index (χ0v) is 24.3. The van der Waals surface area contributed by atoms with Crippen molar-refractivity contribution in [2.75, 3.05) is 0 Å². The number of hydrogen-bond donors (Lipinski definition) is 0. The zero-order valence-electron chi connectivity index (χ0n) is 24.3. The summed E-state index contributed by atoms with van der Waals surface area (Å²) in [7, 11) is 0. The van der Waals surface area contributed by atoms with E-state index >= 15 is 0 Å². The fourth-order valence-corrected chi connectivity index (χ4v) is 5.40. The highest BCUT2D eigenvalue weighted by molar-refractivity contribution is 4.97. The molecule has 1 heteroatoms. The molecule has 0 unspecified atom stereocenters. The number of nitrogens with zero attached hydrogens (tertiary/aromatic N) is 1. The molecule has 0 saturated heterocycles. The Morgan fingerprint density at radius 1 is 0.429 bits per heavy atom. The average Bonchev–Trinajstić information content (AvgIpc) is 2.88. The van der Waals surface area contributed by atoms with Crippen LogP contribution >= 0.6 is 0 Å². The standard InChI is InChI=1S/C34H64N/c1-3-5-7-9-11-13-14-15-16-17-18-19-21-23-25-28-32-35-33-29-27-31-34(35)30-26-24-22-20-12-10-8-6-4-2/h27,29,31,33H,3-26,28,30,32H2,1-2H3/q+1. The molecule has 0 aliphatic heterocycles. The Balaban J connectivity index is 1.92. The molecule has 0 radical (unpaired) electrons. The van der Waals surface area contributed by atoms with Gasteiger partial charge in [-0.1, -0.05) is 161 Å². The molecule has 1 aromatic heterocycles. The van der Waals surface area contributed by atoms with E-state index in [0.717, 1.165) is 0 Å². The average molecular weight is 487 g/mol. The lowest BCUT2D eigenvalue weighted by molar-refractivity contribution is -0.704. The molecule has 0 N–H and O–H groups in total. The lowest BCUT2D eigenvalue weighted by atomic mass is 10.0. The molecule has 0 aliphatic rings. The van der Waals surface area contributed by atoms with Crippen molar-refractivity contribution < 1.29 is 4.57 Å². The largest absolute Gasteiger partial charge is 0.202 e. The Morgan fingerprint density at radius 3 is 1.23 bits per heavy atom. The summed E-state index contributed by atoms with van der Waals surface area (Å²) in [6.45, 7) is 5.82. The van der Waals surface area contributed by atoms with E-state index in [1.165, 1.54) is 173 Å². The second kappa shape index (κ2) is 26.2. The number of unbranched alkanes of at least 4 members (excludes halogenated alkanes) is 23. The predicted octanol–water partition coefficient (Wildman–Crippen LogP) is 11.3. The smallest absolute Gasteiger partial charge is 0.181 e. The molecule has 35 heavy (non-hydrogen) atoms. The summed E-state index contributed by atoms with van der Waals surface area (Å²) in [6, 6.07) is 6.80. The monoisotopic (exact) mass is 487 g/mol. The van der Waals surface area contributed by atoms with Crippen LogP contribution in [0.5, 0.6) is 0 Å². The Hall–Kier alpha value is -0.850. The van der Waals surface area contributed by atoms with Gasteiger partial charge < -0.3 is 0 Å². The van der Waals surface area contributed by atoms with Gasteiger partial charge in [0.1, 0.15) is 6.54 Å². The van der Waals surface area contributed by atoms with Crippen LogP contribution in [0.15, 0.2) is 24.4 Å². The van der Waals surface area contributed by atoms with E-state index in [0.29, 0.717) is 0 Å². The van der Waals surface area contributed by atoms with Crippen molar-refractivity contribution in [3.05, 3.63) is 30.1 Å². The van der Waals surface area contributed by atoms with Gasteiger partial charge >= 0.3 is 0 Å². The highest BCUT2D eigenvalue weighted by Gasteiger charge is 2.08. The van der Waals surface area contributed by atoms with E-state index < -0.39 is 0 Å². The van der Waals surface area contributed by atoms with E-state index in [-0.39, 0.29) is 0 Å². The van der Waals surface area contributed by atoms with Crippen LogP contribution in [0.1, 0.15) is 180 Å². The van der Waals surface area contributed by atoms with Crippen LogP contribution in [0.3, 0.4) is 0 Å². The van der Waals surface area contributed by atoms with Gasteiger partial charge in [0.15, 0.2) is 11.9 Å². The molecule has 0 aromatic carbocycles. The number of hydrogen-bond acceptors (Lipinski definition) is 0. The first-order chi connectivity index (χ1) is 17.4. The molecular weight excluding hydrogens is 422 g/mol. The van der Waals surface area contributed by atoms with Crippen LogP contribution in [0, 0.1) is 0 Å². The van der Waals surface area contributed by atoms with Gasteiger partial charge in [-0.2, -0.15) is 0 Å². The zero-order chi connectivity index (χ0) is 25.1. The van der Waals surface area contributed by atoms with Crippen molar-refractivity contribution in [1.82, 2.24) is 0 Å². The molecule has 0 atom stereocenters. The molecule has 1 nitrogen and oxygen atoms in total. The Morgan fingerprint density at radius 2 is 0.800 bits per heavy atom. The summed E-state index contributed by atoms with van der Waals surface area (Å²) >= 11 is 0. The molecule has 0 aliphatic carbocycles. The maximum Gasteiger partial charge on any atom is 0.181 e. The maximum atomic E-state index is 2.54. The Labute approximate surface area is 221 Å². The summed E-state index contributed by atoms with van der Waals surface area (Å²) in [6.07, 6.45) is 39.5. The summed E-state index contributed by atoms with van der Waals surface area (Å²) in [5.41, 5.74) is 1.55. The lowest BCUT2D eigenvalue weighted by Crippen LogP contribution is -2.37. The highest BCUT2D eigenvalue weighted by atomic mass is 14.9. The van der Waals surface area contributed by atoms with Gasteiger partial charge in [0, 0.05) is 25.0 Å². The third kappa shape index (κ3) is 21.0. The fourth-order valence-electron chi connectivity index (χ4n) is 5.40. The molecule has 1 rings (SSSR count). The summed E-state index contributed by atoms with van der Waals surface area (Å²) in [4.78, 5) is 0. The molecular formula is C34H64N+. The van der Waals surface area contributed by atoms with E-state index in [9.17, 15) is 0 Å². The van der Waals surface area contributed by atoms with Crippen molar-refractivity contribution in [2.45, 2.75) is 187 Å². The fraction of sp³-hybridized carbons (Fsp3) is 0.853. The first-order valence-electron chi connectivity index (χ1n) is 16.4. The minimum Gasteiger partial charge on any atom is -0.202 e. The quantitative estimate of drug-likeness (QED) is 0.0859. The second-order valence-electron chi connectivity index (χ2n) is 11.3. The van der Waals surface area contributed by atoms with Crippen LogP contribution in [-0.2, 0) is 13.0 Å². The summed E-state index contributed by atoms with van der Waals surface area (Å²) < 4.78 is 2.54. The van der Waals surface area contributed by atoms with Gasteiger partial charge in [-0.15, -0.1) is 0 Å². The van der Waals surface area contributed by atoms with Gasteiger partial charge in [0.25, 0.3) is 0 Å². The lowest BCUT2D eigenvalue weighted by Gasteiger charge is -2.05. The van der Waals surface area contributed by atoms with Crippen LogP contribution < -0.4 is 4.57 Å². The van der Waals surface area contributed by atoms with Crippen molar-refractivity contribution in [2.24, 2.45) is 0 Å². The number of aromatic nitrogens is 1. The summed E-state index contributed by atoms with van der Waals surface area (Å²) in [5.74, 6) is 0. The van der Waals surface area contributed by atoms with Gasteiger partial charge in [0.2, 0.25) is 0 Å². The molecule has 0 spiro atoms. The van der Waals surface area contributed by atoms with Crippen molar-refractivity contribution in [1.29, 1.82) is 0 Å². The second-order valence-corrected chi connectivity index (χ2v) is 11.3. The van der Waals surface area contributed by atoms with E-state index in [2.05, 4.69) is 42.8 Å². The predicted molar refractivity (Wildman–Crippen MR) is 157 cm³/mol. The van der Waals surface area contributed by atoms with Gasteiger partial charge in [-0.25, -0.2) is 4.57 Å². The normalized spacial score (nSPS) is 11.4. The molecule has 204 valence electrons. The molecule has 0 amide bonds. The third-order valence-electron chi connectivity index (χ3n) is 7.82. The Bertz CT molecular complexity index is 537. The highest BCUT2D eigenvalue weighted by Crippen LogP contribution is 2.14. The van der Waals surface area contributed by atoms with Crippen LogP contribution in [0.25, 0.3) is 0 Å². The molecule has 1 aromatic rings. The van der Waals surface area contributed by atoms with E-state index in [1.807, 2.05) is 0 Å². The number of aryl methyl sites for hydroxylation is 2. The summed E-state index contributed by atoms with van der Waals surface area (Å²) in [5, 5.41) is 0. The molecule has 0 saturated carbocycles. The minimum atomic E-state index is 1.21. The molecule has 1 heterocycles. The Kier molecular flexibility index (Phi) is 24.1.